The SMILES string of the molecule is Cc1[nH]c(/C=C2\C(=O)Nc3ccc(F)cc32)c(C)c1C(=O)NCCCN1CCN(CC(=O)NCCCCCNc2cccc3c2C(=O)N(C2CCC(=O)NC2=O)C3=O)CC1. The second kappa shape index (κ2) is 18.4. The highest BCUT2D eigenvalue weighted by Crippen LogP contribution is 2.35. The highest BCUT2D eigenvalue weighted by Gasteiger charge is 2.45. The summed E-state index contributed by atoms with van der Waals surface area (Å²) in [6.07, 6.45) is 4.97. The van der Waals surface area contributed by atoms with Crippen LogP contribution in [0, 0.1) is 19.7 Å². The van der Waals surface area contributed by atoms with Crippen molar-refractivity contribution in [3.63, 3.8) is 0 Å². The Morgan fingerprint density at radius 2 is 1.60 bits per heavy atom. The Hall–Kier alpha value is -6.20. The third kappa shape index (κ3) is 9.16. The minimum absolute atomic E-state index is 0.0206. The van der Waals surface area contributed by atoms with Crippen molar-refractivity contribution >= 4 is 64.4 Å². The van der Waals surface area contributed by atoms with Gasteiger partial charge in [-0.15, -0.1) is 0 Å². The number of aromatic amines is 1. The Labute approximate surface area is 346 Å². The predicted molar refractivity (Wildman–Crippen MR) is 221 cm³/mol. The van der Waals surface area contributed by atoms with Gasteiger partial charge in [0.05, 0.1) is 28.8 Å². The second-order valence-corrected chi connectivity index (χ2v) is 15.6. The van der Waals surface area contributed by atoms with Crippen molar-refractivity contribution < 1.29 is 38.0 Å². The summed E-state index contributed by atoms with van der Waals surface area (Å²) in [6, 6.07) is 8.12. The maximum Gasteiger partial charge on any atom is 0.264 e. The molecule has 7 amide bonds. The Morgan fingerprint density at radius 3 is 2.38 bits per heavy atom. The molecule has 7 rings (SSSR count). The van der Waals surface area contributed by atoms with E-state index in [-0.39, 0.29) is 41.7 Å². The molecule has 2 aromatic carbocycles. The smallest absolute Gasteiger partial charge is 0.264 e. The van der Waals surface area contributed by atoms with E-state index in [9.17, 15) is 38.0 Å². The molecule has 5 heterocycles. The number of nitrogens with one attached hydrogen (secondary N) is 6. The monoisotopic (exact) mass is 823 g/mol. The fraction of sp³-hybridized carbons (Fsp3) is 0.419. The van der Waals surface area contributed by atoms with Crippen LogP contribution < -0.4 is 26.6 Å². The molecule has 6 N–H and O–H groups in total. The Balaban J connectivity index is 0.753. The molecular weight excluding hydrogens is 774 g/mol. The van der Waals surface area contributed by atoms with E-state index in [2.05, 4.69) is 41.4 Å². The highest BCUT2D eigenvalue weighted by molar-refractivity contribution is 6.35. The quantitative estimate of drug-likeness (QED) is 0.0709. The van der Waals surface area contributed by atoms with Gasteiger partial charge in [-0.05, 0) is 94.5 Å². The number of aryl methyl sites for hydroxylation is 1. The number of anilines is 2. The zero-order chi connectivity index (χ0) is 42.5. The molecule has 0 spiro atoms. The molecule has 16 nitrogen and oxygen atoms in total. The van der Waals surface area contributed by atoms with Crippen molar-refractivity contribution in [2.24, 2.45) is 0 Å². The van der Waals surface area contributed by atoms with E-state index in [1.165, 1.54) is 18.2 Å². The lowest BCUT2D eigenvalue weighted by Crippen LogP contribution is -2.54. The van der Waals surface area contributed by atoms with Crippen molar-refractivity contribution in [1.29, 1.82) is 0 Å². The lowest BCUT2D eigenvalue weighted by Gasteiger charge is -2.34. The van der Waals surface area contributed by atoms with E-state index in [1.807, 2.05) is 13.8 Å². The maximum atomic E-state index is 13.9. The van der Waals surface area contributed by atoms with Crippen molar-refractivity contribution in [2.75, 3.05) is 69.5 Å². The fourth-order valence-electron chi connectivity index (χ4n) is 8.27. The third-order valence-electron chi connectivity index (χ3n) is 11.5. The summed E-state index contributed by atoms with van der Waals surface area (Å²) < 4.78 is 13.9. The van der Waals surface area contributed by atoms with Crippen LogP contribution in [0.2, 0.25) is 0 Å². The molecule has 4 aliphatic rings. The maximum absolute atomic E-state index is 13.9. The number of aromatic nitrogens is 1. The Kier molecular flexibility index (Phi) is 12.8. The molecule has 17 heteroatoms. The number of carbonyl (C=O) groups excluding carboxylic acids is 7. The first kappa shape index (κ1) is 41.9. The molecule has 1 atom stereocenters. The normalized spacial score (nSPS) is 18.7. The molecule has 2 fully saturated rings. The van der Waals surface area contributed by atoms with Crippen LogP contribution in [0.25, 0.3) is 11.6 Å². The zero-order valence-electron chi connectivity index (χ0n) is 33.8. The fourth-order valence-corrected chi connectivity index (χ4v) is 8.27. The minimum Gasteiger partial charge on any atom is -0.384 e. The number of nitrogens with zero attached hydrogens (tertiary/aromatic N) is 3. The number of H-pyrrole nitrogens is 1. The number of unbranched alkanes of at least 4 members (excludes halogenated alkanes) is 2. The van der Waals surface area contributed by atoms with Crippen LogP contribution in [0.4, 0.5) is 15.8 Å². The summed E-state index contributed by atoms with van der Waals surface area (Å²) >= 11 is 0. The lowest BCUT2D eigenvalue weighted by molar-refractivity contribution is -0.136. The molecule has 0 bridgehead atoms. The first-order valence-corrected chi connectivity index (χ1v) is 20.5. The summed E-state index contributed by atoms with van der Waals surface area (Å²) in [5, 5.41) is 14.2. The largest absolute Gasteiger partial charge is 0.384 e. The molecule has 0 aliphatic carbocycles. The van der Waals surface area contributed by atoms with Crippen LogP contribution >= 0.6 is 0 Å². The third-order valence-corrected chi connectivity index (χ3v) is 11.5. The van der Waals surface area contributed by atoms with Crippen molar-refractivity contribution in [2.45, 2.75) is 58.4 Å². The first-order valence-electron chi connectivity index (χ1n) is 20.5. The molecule has 0 radical (unpaired) electrons. The van der Waals surface area contributed by atoms with Crippen molar-refractivity contribution in [1.82, 2.24) is 35.6 Å². The van der Waals surface area contributed by atoms with Gasteiger partial charge in [0.1, 0.15) is 11.9 Å². The zero-order valence-corrected chi connectivity index (χ0v) is 33.8. The van der Waals surface area contributed by atoms with Gasteiger partial charge in [0.2, 0.25) is 17.7 Å². The van der Waals surface area contributed by atoms with Gasteiger partial charge in [-0.1, -0.05) is 6.07 Å². The van der Waals surface area contributed by atoms with E-state index in [4.69, 9.17) is 0 Å². The van der Waals surface area contributed by atoms with Crippen LogP contribution in [0.15, 0.2) is 36.4 Å². The first-order chi connectivity index (χ1) is 28.9. The molecule has 316 valence electrons. The number of hydrogen-bond acceptors (Lipinski definition) is 10. The van der Waals surface area contributed by atoms with Gasteiger partial charge in [-0.3, -0.25) is 48.7 Å². The van der Waals surface area contributed by atoms with Crippen molar-refractivity contribution in [3.05, 3.63) is 81.4 Å². The average molecular weight is 824 g/mol. The molecule has 3 aromatic rings. The number of halogens is 1. The van der Waals surface area contributed by atoms with Gasteiger partial charge in [-0.2, -0.15) is 0 Å². The summed E-state index contributed by atoms with van der Waals surface area (Å²) in [5.74, 6) is -3.14. The van der Waals surface area contributed by atoms with E-state index in [0.717, 1.165) is 63.3 Å². The van der Waals surface area contributed by atoms with E-state index < -0.39 is 35.5 Å². The van der Waals surface area contributed by atoms with Crippen LogP contribution in [-0.2, 0) is 19.2 Å². The summed E-state index contributed by atoms with van der Waals surface area (Å²) in [4.78, 5) is 97.3. The van der Waals surface area contributed by atoms with Gasteiger partial charge < -0.3 is 31.2 Å². The van der Waals surface area contributed by atoms with Crippen LogP contribution in [0.1, 0.15) is 92.1 Å². The predicted octanol–water partition coefficient (Wildman–Crippen LogP) is 2.80. The van der Waals surface area contributed by atoms with E-state index in [0.29, 0.717) is 71.2 Å². The number of fused-ring (bicyclic) bond motifs is 2. The van der Waals surface area contributed by atoms with Gasteiger partial charge in [0.15, 0.2) is 0 Å². The standard InChI is InChI=1S/C43H50FN9O7/c1-25-33(23-30-29-22-27(44)10-11-31(29)49-39(30)56)48-26(2)37(25)41(58)47-16-7-17-51-18-20-52(21-19-51)24-36(55)46-15-5-3-4-14-45-32-9-6-8-28-38(32)43(60)53(42(28)59)34-12-13-35(54)50-40(34)57/h6,8-11,22-23,34,45,48H,3-5,7,12-21,24H2,1-2H3,(H,46,55)(H,47,58)(H,49,56)(H,50,54,57)/b30-23-. The molecule has 2 saturated heterocycles. The van der Waals surface area contributed by atoms with Crippen LogP contribution in [0.3, 0.4) is 0 Å². The Morgan fingerprint density at radius 1 is 0.850 bits per heavy atom. The molecule has 60 heavy (non-hydrogen) atoms. The lowest BCUT2D eigenvalue weighted by atomic mass is 10.0. The van der Waals surface area contributed by atoms with Crippen molar-refractivity contribution in [3.8, 4) is 0 Å². The van der Waals surface area contributed by atoms with Gasteiger partial charge >= 0.3 is 0 Å². The Bertz CT molecular complexity index is 2260. The number of piperazine rings is 1. The van der Waals surface area contributed by atoms with Gasteiger partial charge in [-0.25, -0.2) is 4.39 Å². The molecule has 0 saturated carbocycles. The topological polar surface area (TPSA) is 205 Å². The number of amides is 7. The number of rotatable bonds is 16. The number of carbonyl (C=O) groups is 7. The molecule has 4 aliphatic heterocycles. The average Bonchev–Trinajstić information content (AvgIpc) is 3.78. The second-order valence-electron chi connectivity index (χ2n) is 15.6. The van der Waals surface area contributed by atoms with Crippen LogP contribution in [-0.4, -0.2) is 126 Å². The number of benzene rings is 2. The van der Waals surface area contributed by atoms with Crippen LogP contribution in [0.5, 0.6) is 0 Å². The summed E-state index contributed by atoms with van der Waals surface area (Å²) in [7, 11) is 0. The molecule has 1 unspecified atom stereocenters. The summed E-state index contributed by atoms with van der Waals surface area (Å²) in [5.41, 5.74) is 4.88. The molecule has 1 aromatic heterocycles. The van der Waals surface area contributed by atoms with Gasteiger partial charge in [0.25, 0.3) is 23.6 Å². The minimum atomic E-state index is -1.01. The molecular formula is C43H50FN9O7. The highest BCUT2D eigenvalue weighted by atomic mass is 19.1. The number of hydrogen-bond donors (Lipinski definition) is 6. The number of piperidine rings is 1. The van der Waals surface area contributed by atoms with Gasteiger partial charge in [0, 0.05) is 80.6 Å². The number of imide groups is 2. The summed E-state index contributed by atoms with van der Waals surface area (Å²) in [6.45, 7) is 9.54. The van der Waals surface area contributed by atoms with E-state index in [1.54, 1.807) is 24.3 Å². The van der Waals surface area contributed by atoms with E-state index >= 15 is 0 Å².